The topological polar surface area (TPSA) is 20.3 Å². The molecule has 0 radical (unpaired) electrons. The van der Waals surface area contributed by atoms with Crippen LogP contribution < -0.4 is 4.90 Å². The first-order chi connectivity index (χ1) is 9.72. The highest BCUT2D eigenvalue weighted by atomic mass is 79.9. The van der Waals surface area contributed by atoms with E-state index < -0.39 is 0 Å². The summed E-state index contributed by atoms with van der Waals surface area (Å²) < 4.78 is 0. The summed E-state index contributed by atoms with van der Waals surface area (Å²) in [5, 5.41) is 0. The zero-order chi connectivity index (χ0) is 14.1. The fourth-order valence-corrected chi connectivity index (χ4v) is 3.52. The van der Waals surface area contributed by atoms with Crippen LogP contribution in [0.4, 0.5) is 11.4 Å². The van der Waals surface area contributed by atoms with Crippen LogP contribution in [0.3, 0.4) is 0 Å². The van der Waals surface area contributed by atoms with Gasteiger partial charge in [0.15, 0.2) is 0 Å². The Labute approximate surface area is 131 Å². The van der Waals surface area contributed by atoms with Gasteiger partial charge in [-0.3, -0.25) is 9.69 Å². The summed E-state index contributed by atoms with van der Waals surface area (Å²) in [6, 6.07) is 16.1. The van der Waals surface area contributed by atoms with Gasteiger partial charge in [0.05, 0.1) is 16.2 Å². The maximum Gasteiger partial charge on any atom is 0.245 e. The van der Waals surface area contributed by atoms with E-state index in [0.29, 0.717) is 0 Å². The molecule has 0 aromatic heterocycles. The van der Waals surface area contributed by atoms with Gasteiger partial charge in [0.2, 0.25) is 5.91 Å². The van der Waals surface area contributed by atoms with Crippen LogP contribution in [-0.4, -0.2) is 10.7 Å². The molecule has 0 aliphatic carbocycles. The van der Waals surface area contributed by atoms with Gasteiger partial charge in [-0.1, -0.05) is 58.9 Å². The average molecular weight is 348 g/mol. The Balaban J connectivity index is 2.15. The van der Waals surface area contributed by atoms with E-state index in [1.165, 1.54) is 0 Å². The van der Waals surface area contributed by atoms with Crippen molar-refractivity contribution in [3.05, 3.63) is 48.5 Å². The van der Waals surface area contributed by atoms with E-state index >= 15 is 0 Å². The molecule has 20 heavy (non-hydrogen) atoms. The van der Waals surface area contributed by atoms with Gasteiger partial charge in [0.1, 0.15) is 0 Å². The molecule has 102 valence electrons. The smallest absolute Gasteiger partial charge is 0.245 e. The van der Waals surface area contributed by atoms with E-state index in [1.807, 2.05) is 48.2 Å². The van der Waals surface area contributed by atoms with Gasteiger partial charge in [-0.15, -0.1) is 0 Å². The normalized spacial score (nSPS) is 14.4. The molecule has 0 saturated heterocycles. The third-order valence-electron chi connectivity index (χ3n) is 3.28. The Hall–Kier alpha value is -1.26. The van der Waals surface area contributed by atoms with Crippen LogP contribution in [0.25, 0.3) is 0 Å². The predicted octanol–water partition coefficient (Wildman–Crippen LogP) is 4.99. The van der Waals surface area contributed by atoms with Gasteiger partial charge in [-0.05, 0) is 30.7 Å². The average Bonchev–Trinajstić information content (AvgIpc) is 2.51. The molecule has 0 spiro atoms. The largest absolute Gasteiger partial charge is 0.278 e. The number of rotatable bonds is 2. The fraction of sp³-hybridized carbons (Fsp3) is 0.188. The molecule has 3 rings (SSSR count). The Morgan fingerprint density at radius 1 is 1.10 bits per heavy atom. The SMILES string of the molecule is CCC(Br)C(=O)N1c2ccccc2Sc2ccccc21. The van der Waals surface area contributed by atoms with Crippen LogP contribution in [-0.2, 0) is 4.79 Å². The van der Waals surface area contributed by atoms with E-state index in [0.717, 1.165) is 27.6 Å². The number of alkyl halides is 1. The summed E-state index contributed by atoms with van der Waals surface area (Å²) in [5.74, 6) is 0.0905. The van der Waals surface area contributed by atoms with Crippen LogP contribution >= 0.6 is 27.7 Å². The number of para-hydroxylation sites is 2. The molecular formula is C16H14BrNOS. The maximum atomic E-state index is 12.7. The van der Waals surface area contributed by atoms with E-state index in [2.05, 4.69) is 28.1 Å². The lowest BCUT2D eigenvalue weighted by molar-refractivity contribution is -0.117. The minimum atomic E-state index is -0.160. The lowest BCUT2D eigenvalue weighted by atomic mass is 10.2. The number of carbonyl (C=O) groups is 1. The Kier molecular flexibility index (Phi) is 3.85. The minimum Gasteiger partial charge on any atom is -0.278 e. The van der Waals surface area contributed by atoms with Crippen LogP contribution in [0.2, 0.25) is 0 Å². The zero-order valence-corrected chi connectivity index (χ0v) is 13.4. The summed E-state index contributed by atoms with van der Waals surface area (Å²) in [4.78, 5) is 16.6. The predicted molar refractivity (Wildman–Crippen MR) is 87.2 cm³/mol. The first-order valence-corrected chi connectivity index (χ1v) is 8.29. The van der Waals surface area contributed by atoms with Crippen LogP contribution in [0.5, 0.6) is 0 Å². The third kappa shape index (κ3) is 2.27. The number of hydrogen-bond donors (Lipinski definition) is 0. The van der Waals surface area contributed by atoms with Gasteiger partial charge in [0, 0.05) is 9.79 Å². The molecule has 4 heteroatoms. The van der Waals surface area contributed by atoms with E-state index in [1.54, 1.807) is 11.8 Å². The molecule has 0 N–H and O–H groups in total. The first-order valence-electron chi connectivity index (χ1n) is 6.56. The highest BCUT2D eigenvalue weighted by molar-refractivity contribution is 9.10. The second-order valence-electron chi connectivity index (χ2n) is 4.59. The molecule has 2 aromatic carbocycles. The van der Waals surface area contributed by atoms with Gasteiger partial charge < -0.3 is 0 Å². The Bertz CT molecular complexity index is 613. The quantitative estimate of drug-likeness (QED) is 0.713. The van der Waals surface area contributed by atoms with Crippen LogP contribution in [0.15, 0.2) is 58.3 Å². The lowest BCUT2D eigenvalue weighted by Crippen LogP contribution is -2.34. The molecule has 1 amide bonds. The number of carbonyl (C=O) groups excluding carboxylic acids is 1. The highest BCUT2D eigenvalue weighted by Crippen LogP contribution is 2.48. The minimum absolute atomic E-state index is 0.0905. The lowest BCUT2D eigenvalue weighted by Gasteiger charge is -2.32. The van der Waals surface area contributed by atoms with Crippen molar-refractivity contribution in [1.82, 2.24) is 0 Å². The number of amides is 1. The molecular weight excluding hydrogens is 334 g/mol. The van der Waals surface area contributed by atoms with Crippen molar-refractivity contribution in [2.75, 3.05) is 4.90 Å². The number of nitrogens with zero attached hydrogens (tertiary/aromatic N) is 1. The van der Waals surface area contributed by atoms with Gasteiger partial charge in [0.25, 0.3) is 0 Å². The number of anilines is 2. The molecule has 1 atom stereocenters. The van der Waals surface area contributed by atoms with Crippen molar-refractivity contribution in [3.63, 3.8) is 0 Å². The monoisotopic (exact) mass is 347 g/mol. The fourth-order valence-electron chi connectivity index (χ4n) is 2.26. The molecule has 0 bridgehead atoms. The maximum absolute atomic E-state index is 12.7. The molecule has 2 nitrogen and oxygen atoms in total. The van der Waals surface area contributed by atoms with E-state index in [-0.39, 0.29) is 10.7 Å². The van der Waals surface area contributed by atoms with Gasteiger partial charge in [-0.2, -0.15) is 0 Å². The Morgan fingerprint density at radius 3 is 2.10 bits per heavy atom. The van der Waals surface area contributed by atoms with Crippen molar-refractivity contribution in [3.8, 4) is 0 Å². The first kappa shape index (κ1) is 13.7. The van der Waals surface area contributed by atoms with E-state index in [4.69, 9.17) is 0 Å². The molecule has 1 heterocycles. The zero-order valence-electron chi connectivity index (χ0n) is 11.0. The summed E-state index contributed by atoms with van der Waals surface area (Å²) >= 11 is 5.20. The van der Waals surface area contributed by atoms with Crippen LogP contribution in [0, 0.1) is 0 Å². The number of hydrogen-bond acceptors (Lipinski definition) is 2. The molecule has 2 aromatic rings. The number of fused-ring (bicyclic) bond motifs is 2. The van der Waals surface area contributed by atoms with Gasteiger partial charge >= 0.3 is 0 Å². The van der Waals surface area contributed by atoms with Crippen molar-refractivity contribution < 1.29 is 4.79 Å². The Morgan fingerprint density at radius 2 is 1.60 bits per heavy atom. The summed E-state index contributed by atoms with van der Waals surface area (Å²) in [5.41, 5.74) is 1.94. The number of benzene rings is 2. The summed E-state index contributed by atoms with van der Waals surface area (Å²) in [7, 11) is 0. The molecule has 1 aliphatic heterocycles. The molecule has 1 unspecified atom stereocenters. The molecule has 0 saturated carbocycles. The van der Waals surface area contributed by atoms with Crippen molar-refractivity contribution in [2.45, 2.75) is 28.0 Å². The third-order valence-corrected chi connectivity index (χ3v) is 5.45. The standard InChI is InChI=1S/C16H14BrNOS/c1-2-11(17)16(19)18-12-7-3-5-9-14(12)20-15-10-6-4-8-13(15)18/h3-11H,2H2,1H3. The molecule has 1 aliphatic rings. The van der Waals surface area contributed by atoms with Crippen molar-refractivity contribution >= 4 is 45.0 Å². The van der Waals surface area contributed by atoms with E-state index in [9.17, 15) is 4.79 Å². The van der Waals surface area contributed by atoms with Crippen LogP contribution in [0.1, 0.15) is 13.3 Å². The van der Waals surface area contributed by atoms with Gasteiger partial charge in [-0.25, -0.2) is 0 Å². The summed E-state index contributed by atoms with van der Waals surface area (Å²) in [6.45, 7) is 2.01. The summed E-state index contributed by atoms with van der Waals surface area (Å²) in [6.07, 6.45) is 0.771. The van der Waals surface area contributed by atoms with Crippen molar-refractivity contribution in [1.29, 1.82) is 0 Å². The number of halogens is 1. The second-order valence-corrected chi connectivity index (χ2v) is 6.78. The second kappa shape index (κ2) is 5.62. The molecule has 0 fully saturated rings. The van der Waals surface area contributed by atoms with Crippen molar-refractivity contribution in [2.24, 2.45) is 0 Å². The highest BCUT2D eigenvalue weighted by Gasteiger charge is 2.30.